The van der Waals surface area contributed by atoms with Crippen LogP contribution in [0.4, 0.5) is 29.3 Å². The summed E-state index contributed by atoms with van der Waals surface area (Å²) in [6.45, 7) is 0. The zero-order valence-corrected chi connectivity index (χ0v) is 10.1. The highest BCUT2D eigenvalue weighted by Gasteiger charge is 2.31. The van der Waals surface area contributed by atoms with E-state index in [4.69, 9.17) is 5.73 Å². The number of halogens is 3. The summed E-state index contributed by atoms with van der Waals surface area (Å²) in [5.41, 5.74) is 4.72. The van der Waals surface area contributed by atoms with Gasteiger partial charge in [-0.3, -0.25) is 0 Å². The first-order valence-electron chi connectivity index (χ1n) is 5.90. The normalized spacial score (nSPS) is 15.7. The number of hydrogen-bond acceptors (Lipinski definition) is 2. The van der Waals surface area contributed by atoms with Crippen molar-refractivity contribution in [3.8, 4) is 0 Å². The van der Waals surface area contributed by atoms with Crippen LogP contribution in [0.15, 0.2) is 18.2 Å². The first-order chi connectivity index (χ1) is 8.86. The van der Waals surface area contributed by atoms with E-state index in [1.54, 1.807) is 0 Å². The van der Waals surface area contributed by atoms with E-state index in [-0.39, 0.29) is 17.4 Å². The van der Waals surface area contributed by atoms with Crippen LogP contribution in [0.25, 0.3) is 0 Å². The minimum Gasteiger partial charge on any atom is -0.397 e. The van der Waals surface area contributed by atoms with Crippen molar-refractivity contribution in [3.05, 3.63) is 23.8 Å². The Morgan fingerprint density at radius 3 is 2.47 bits per heavy atom. The molecule has 1 aliphatic carbocycles. The Labute approximate surface area is 108 Å². The molecule has 1 aromatic carbocycles. The van der Waals surface area contributed by atoms with Crippen LogP contribution in [0, 0.1) is 0 Å². The maximum Gasteiger partial charge on any atom is 0.416 e. The minimum absolute atomic E-state index is 0.112. The van der Waals surface area contributed by atoms with Gasteiger partial charge in [0.1, 0.15) is 0 Å². The third kappa shape index (κ3) is 3.30. The van der Waals surface area contributed by atoms with Crippen LogP contribution in [0.3, 0.4) is 0 Å². The Morgan fingerprint density at radius 1 is 1.32 bits per heavy atom. The van der Waals surface area contributed by atoms with Crippen LogP contribution in [-0.2, 0) is 6.18 Å². The molecule has 1 aliphatic rings. The second-order valence-corrected chi connectivity index (χ2v) is 4.53. The first-order valence-corrected chi connectivity index (χ1v) is 5.90. The van der Waals surface area contributed by atoms with Crippen molar-refractivity contribution >= 4 is 17.4 Å². The van der Waals surface area contributed by atoms with Crippen molar-refractivity contribution in [2.45, 2.75) is 31.5 Å². The van der Waals surface area contributed by atoms with Gasteiger partial charge in [0.15, 0.2) is 0 Å². The van der Waals surface area contributed by atoms with Gasteiger partial charge in [-0.05, 0) is 37.5 Å². The van der Waals surface area contributed by atoms with E-state index in [1.165, 1.54) is 0 Å². The number of hydrogen-bond donors (Lipinski definition) is 3. The number of amides is 2. The number of benzene rings is 1. The predicted octanol–water partition coefficient (Wildman–Crippen LogP) is 2.96. The maximum absolute atomic E-state index is 12.4. The van der Waals surface area contributed by atoms with Crippen molar-refractivity contribution in [1.82, 2.24) is 5.32 Å². The first kappa shape index (κ1) is 13.5. The summed E-state index contributed by atoms with van der Waals surface area (Å²) in [6.07, 6.45) is -1.51. The summed E-state index contributed by atoms with van der Waals surface area (Å²) in [5, 5.41) is 5.15. The van der Waals surface area contributed by atoms with Gasteiger partial charge < -0.3 is 16.4 Å². The SMILES string of the molecule is Nc1cc(C(F)(F)F)ccc1NC(=O)NC1CCC1. The van der Waals surface area contributed by atoms with Crippen LogP contribution in [-0.4, -0.2) is 12.1 Å². The number of alkyl halides is 3. The van der Waals surface area contributed by atoms with Crippen LogP contribution < -0.4 is 16.4 Å². The fraction of sp³-hybridized carbons (Fsp3) is 0.417. The molecule has 1 fully saturated rings. The molecule has 7 heteroatoms. The molecule has 1 saturated carbocycles. The number of nitrogens with one attached hydrogen (secondary N) is 2. The van der Waals surface area contributed by atoms with Gasteiger partial charge in [0, 0.05) is 6.04 Å². The van der Waals surface area contributed by atoms with Gasteiger partial charge in [0.2, 0.25) is 0 Å². The number of nitrogen functional groups attached to an aromatic ring is 1. The van der Waals surface area contributed by atoms with Crippen molar-refractivity contribution < 1.29 is 18.0 Å². The lowest BCUT2D eigenvalue weighted by Crippen LogP contribution is -2.41. The smallest absolute Gasteiger partial charge is 0.397 e. The topological polar surface area (TPSA) is 67.1 Å². The molecule has 1 aromatic rings. The van der Waals surface area contributed by atoms with E-state index < -0.39 is 17.8 Å². The van der Waals surface area contributed by atoms with E-state index in [0.717, 1.165) is 37.5 Å². The van der Waals surface area contributed by atoms with E-state index >= 15 is 0 Å². The fourth-order valence-electron chi connectivity index (χ4n) is 1.75. The van der Waals surface area contributed by atoms with Gasteiger partial charge in [0.25, 0.3) is 0 Å². The standard InChI is InChI=1S/C12H14F3N3O/c13-12(14,15)7-4-5-10(9(16)6-7)18-11(19)17-8-2-1-3-8/h4-6,8H,1-3,16H2,(H2,17,18,19). The lowest BCUT2D eigenvalue weighted by molar-refractivity contribution is -0.137. The number of carbonyl (C=O) groups is 1. The minimum atomic E-state index is -4.44. The van der Waals surface area contributed by atoms with E-state index in [0.29, 0.717) is 0 Å². The van der Waals surface area contributed by atoms with Gasteiger partial charge in [-0.2, -0.15) is 13.2 Å². The Morgan fingerprint density at radius 2 is 2.00 bits per heavy atom. The monoisotopic (exact) mass is 273 g/mol. The maximum atomic E-state index is 12.4. The number of carbonyl (C=O) groups excluding carboxylic acids is 1. The molecule has 0 saturated heterocycles. The highest BCUT2D eigenvalue weighted by Crippen LogP contribution is 2.32. The quantitative estimate of drug-likeness (QED) is 0.725. The van der Waals surface area contributed by atoms with Crippen LogP contribution in [0.5, 0.6) is 0 Å². The summed E-state index contributed by atoms with van der Waals surface area (Å²) in [7, 11) is 0. The van der Waals surface area contributed by atoms with Gasteiger partial charge in [0.05, 0.1) is 16.9 Å². The number of nitrogens with two attached hydrogens (primary N) is 1. The molecule has 4 nitrogen and oxygen atoms in total. The third-order valence-corrected chi connectivity index (χ3v) is 3.07. The molecule has 0 unspecified atom stereocenters. The Bertz CT molecular complexity index is 484. The van der Waals surface area contributed by atoms with Crippen LogP contribution in [0.2, 0.25) is 0 Å². The Balaban J connectivity index is 2.02. The lowest BCUT2D eigenvalue weighted by atomic mass is 9.93. The number of urea groups is 1. The third-order valence-electron chi connectivity index (χ3n) is 3.07. The largest absolute Gasteiger partial charge is 0.416 e. The molecule has 104 valence electrons. The van der Waals surface area contributed by atoms with E-state index in [1.807, 2.05) is 0 Å². The molecule has 0 radical (unpaired) electrons. The predicted molar refractivity (Wildman–Crippen MR) is 65.6 cm³/mol. The molecule has 2 rings (SSSR count). The summed E-state index contributed by atoms with van der Waals surface area (Å²) in [6, 6.07) is 2.54. The van der Waals surface area contributed by atoms with Gasteiger partial charge >= 0.3 is 12.2 Å². The molecular weight excluding hydrogens is 259 g/mol. The fourth-order valence-corrected chi connectivity index (χ4v) is 1.75. The summed E-state index contributed by atoms with van der Waals surface area (Å²) in [4.78, 5) is 11.5. The average molecular weight is 273 g/mol. The highest BCUT2D eigenvalue weighted by molar-refractivity contribution is 5.92. The number of anilines is 2. The second kappa shape index (κ2) is 4.99. The van der Waals surface area contributed by atoms with Gasteiger partial charge in [-0.15, -0.1) is 0 Å². The molecule has 19 heavy (non-hydrogen) atoms. The molecule has 0 atom stereocenters. The zero-order valence-electron chi connectivity index (χ0n) is 10.1. The Hall–Kier alpha value is -1.92. The molecule has 2 amide bonds. The molecular formula is C12H14F3N3O. The van der Waals surface area contributed by atoms with Crippen LogP contribution >= 0.6 is 0 Å². The molecule has 4 N–H and O–H groups in total. The van der Waals surface area contributed by atoms with E-state index in [2.05, 4.69) is 10.6 Å². The molecule has 0 aromatic heterocycles. The molecule has 0 bridgehead atoms. The lowest BCUT2D eigenvalue weighted by Gasteiger charge is -2.26. The highest BCUT2D eigenvalue weighted by atomic mass is 19.4. The molecule has 0 heterocycles. The van der Waals surface area contributed by atoms with Crippen molar-refractivity contribution in [3.63, 3.8) is 0 Å². The van der Waals surface area contributed by atoms with Crippen molar-refractivity contribution in [1.29, 1.82) is 0 Å². The van der Waals surface area contributed by atoms with Gasteiger partial charge in [-0.1, -0.05) is 0 Å². The second-order valence-electron chi connectivity index (χ2n) is 4.53. The van der Waals surface area contributed by atoms with E-state index in [9.17, 15) is 18.0 Å². The average Bonchev–Trinajstić information content (AvgIpc) is 2.25. The summed E-state index contributed by atoms with van der Waals surface area (Å²) in [5.74, 6) is 0. The van der Waals surface area contributed by atoms with Gasteiger partial charge in [-0.25, -0.2) is 4.79 Å². The Kier molecular flexibility index (Phi) is 3.55. The number of rotatable bonds is 2. The van der Waals surface area contributed by atoms with Crippen molar-refractivity contribution in [2.24, 2.45) is 0 Å². The van der Waals surface area contributed by atoms with Crippen molar-refractivity contribution in [2.75, 3.05) is 11.1 Å². The molecule has 0 spiro atoms. The zero-order chi connectivity index (χ0) is 14.0. The molecule has 0 aliphatic heterocycles. The van der Waals surface area contributed by atoms with Crippen LogP contribution in [0.1, 0.15) is 24.8 Å². The summed E-state index contributed by atoms with van der Waals surface area (Å²) < 4.78 is 37.3. The summed E-state index contributed by atoms with van der Waals surface area (Å²) >= 11 is 0.